The Hall–Kier alpha value is -1.16. The van der Waals surface area contributed by atoms with E-state index in [9.17, 15) is 0 Å². The highest BCUT2D eigenvalue weighted by molar-refractivity contribution is 9.10. The van der Waals surface area contributed by atoms with Gasteiger partial charge in [-0.05, 0) is 53.2 Å². The third-order valence-corrected chi connectivity index (χ3v) is 4.03. The predicted molar refractivity (Wildman–Crippen MR) is 77.7 cm³/mol. The Morgan fingerprint density at radius 2 is 2.22 bits per heavy atom. The number of hydrogen-bond acceptors (Lipinski definition) is 3. The molecule has 0 spiro atoms. The Balaban J connectivity index is 1.92. The second-order valence-corrected chi connectivity index (χ2v) is 6.05. The summed E-state index contributed by atoms with van der Waals surface area (Å²) < 4.78 is 0.967. The molecule has 4 heteroatoms. The number of rotatable bonds is 2. The van der Waals surface area contributed by atoms with E-state index in [2.05, 4.69) is 38.1 Å². The van der Waals surface area contributed by atoms with E-state index in [4.69, 9.17) is 0 Å². The Bertz CT molecular complexity index is 570. The van der Waals surface area contributed by atoms with E-state index in [0.29, 0.717) is 6.04 Å². The van der Waals surface area contributed by atoms with E-state index in [1.165, 1.54) is 19.3 Å². The summed E-state index contributed by atoms with van der Waals surface area (Å²) >= 11 is 3.43. The van der Waals surface area contributed by atoms with Gasteiger partial charge in [0.1, 0.15) is 5.52 Å². The summed E-state index contributed by atoms with van der Waals surface area (Å²) in [5.74, 6) is 0.831. The molecule has 1 aliphatic carbocycles. The van der Waals surface area contributed by atoms with Crippen LogP contribution in [0.3, 0.4) is 0 Å². The topological polar surface area (TPSA) is 37.8 Å². The molecule has 1 fully saturated rings. The lowest BCUT2D eigenvalue weighted by atomic mass is 10.1. The smallest absolute Gasteiger partial charge is 0.112 e. The van der Waals surface area contributed by atoms with Crippen molar-refractivity contribution in [2.75, 3.05) is 5.32 Å². The van der Waals surface area contributed by atoms with Crippen LogP contribution in [0, 0.1) is 5.92 Å². The van der Waals surface area contributed by atoms with E-state index in [0.717, 1.165) is 27.1 Å². The van der Waals surface area contributed by atoms with Crippen LogP contribution in [0.1, 0.15) is 26.2 Å². The molecule has 0 aliphatic heterocycles. The summed E-state index contributed by atoms with van der Waals surface area (Å²) in [5, 5.41) is 3.62. The number of pyridine rings is 2. The fourth-order valence-corrected chi connectivity index (χ4v) is 3.00. The molecule has 2 aromatic heterocycles. The number of anilines is 1. The van der Waals surface area contributed by atoms with Gasteiger partial charge < -0.3 is 5.32 Å². The van der Waals surface area contributed by atoms with Crippen molar-refractivity contribution in [3.05, 3.63) is 29.0 Å². The molecule has 3 nitrogen and oxygen atoms in total. The van der Waals surface area contributed by atoms with E-state index in [1.807, 2.05) is 24.5 Å². The van der Waals surface area contributed by atoms with Crippen molar-refractivity contribution in [3.63, 3.8) is 0 Å². The molecule has 94 valence electrons. The molecule has 0 aromatic carbocycles. The summed E-state index contributed by atoms with van der Waals surface area (Å²) in [6.07, 6.45) is 7.49. The molecule has 2 unspecified atom stereocenters. The van der Waals surface area contributed by atoms with Gasteiger partial charge in [-0.2, -0.15) is 0 Å². The van der Waals surface area contributed by atoms with Crippen LogP contribution < -0.4 is 5.32 Å². The minimum Gasteiger partial charge on any atom is -0.380 e. The zero-order valence-electron chi connectivity index (χ0n) is 10.4. The summed E-state index contributed by atoms with van der Waals surface area (Å²) in [4.78, 5) is 8.83. The molecule has 0 saturated heterocycles. The van der Waals surface area contributed by atoms with Crippen molar-refractivity contribution in [1.29, 1.82) is 0 Å². The number of nitrogens with one attached hydrogen (secondary N) is 1. The maximum absolute atomic E-state index is 4.47. The van der Waals surface area contributed by atoms with Crippen LogP contribution >= 0.6 is 15.9 Å². The van der Waals surface area contributed by atoms with Gasteiger partial charge in [0, 0.05) is 22.9 Å². The second-order valence-electron chi connectivity index (χ2n) is 5.14. The third kappa shape index (κ3) is 2.34. The van der Waals surface area contributed by atoms with Crippen LogP contribution in [0.15, 0.2) is 29.0 Å². The number of fused-ring (bicyclic) bond motifs is 1. The first-order chi connectivity index (χ1) is 8.72. The molecule has 2 heterocycles. The Kier molecular flexibility index (Phi) is 3.20. The minimum absolute atomic E-state index is 0.580. The van der Waals surface area contributed by atoms with Crippen LogP contribution in [0.5, 0.6) is 0 Å². The molecular weight excluding hydrogens is 290 g/mol. The first kappa shape index (κ1) is 11.9. The predicted octanol–water partition coefficient (Wildman–Crippen LogP) is 3.99. The summed E-state index contributed by atoms with van der Waals surface area (Å²) in [6.45, 7) is 2.32. The van der Waals surface area contributed by atoms with Gasteiger partial charge in [-0.1, -0.05) is 6.92 Å². The fraction of sp³-hybridized carbons (Fsp3) is 0.429. The van der Waals surface area contributed by atoms with Gasteiger partial charge >= 0.3 is 0 Å². The van der Waals surface area contributed by atoms with Gasteiger partial charge in [0.05, 0.1) is 11.2 Å². The van der Waals surface area contributed by atoms with Crippen LogP contribution in [0.25, 0.3) is 11.0 Å². The van der Waals surface area contributed by atoms with Crippen LogP contribution in [0.2, 0.25) is 0 Å². The van der Waals surface area contributed by atoms with Gasteiger partial charge in [-0.25, -0.2) is 0 Å². The average Bonchev–Trinajstić information content (AvgIpc) is 2.75. The molecule has 18 heavy (non-hydrogen) atoms. The van der Waals surface area contributed by atoms with Crippen LogP contribution in [0.4, 0.5) is 5.69 Å². The lowest BCUT2D eigenvalue weighted by Gasteiger charge is -2.15. The SMILES string of the molecule is CC1CCC(Nc2ccnc3cc(Br)cnc23)C1. The van der Waals surface area contributed by atoms with Crippen molar-refractivity contribution in [1.82, 2.24) is 9.97 Å². The van der Waals surface area contributed by atoms with Crippen LogP contribution in [-0.2, 0) is 0 Å². The average molecular weight is 306 g/mol. The largest absolute Gasteiger partial charge is 0.380 e. The summed E-state index contributed by atoms with van der Waals surface area (Å²) in [5.41, 5.74) is 2.99. The van der Waals surface area contributed by atoms with Crippen molar-refractivity contribution in [2.45, 2.75) is 32.2 Å². The van der Waals surface area contributed by atoms with Crippen LogP contribution in [-0.4, -0.2) is 16.0 Å². The van der Waals surface area contributed by atoms with Gasteiger partial charge in [-0.3, -0.25) is 9.97 Å². The molecule has 2 atom stereocenters. The molecular formula is C14H16BrN3. The molecule has 0 radical (unpaired) electrons. The zero-order valence-corrected chi connectivity index (χ0v) is 11.9. The van der Waals surface area contributed by atoms with Crippen molar-refractivity contribution < 1.29 is 0 Å². The Morgan fingerprint density at radius 1 is 1.33 bits per heavy atom. The first-order valence-electron chi connectivity index (χ1n) is 6.39. The maximum Gasteiger partial charge on any atom is 0.112 e. The summed E-state index contributed by atoms with van der Waals surface area (Å²) in [6, 6.07) is 4.60. The Labute approximate surface area is 115 Å². The lowest BCUT2D eigenvalue weighted by molar-refractivity contribution is 0.603. The zero-order chi connectivity index (χ0) is 12.5. The third-order valence-electron chi connectivity index (χ3n) is 3.60. The highest BCUT2D eigenvalue weighted by Crippen LogP contribution is 2.29. The molecule has 1 aliphatic rings. The summed E-state index contributed by atoms with van der Waals surface area (Å²) in [7, 11) is 0. The number of hydrogen-bond donors (Lipinski definition) is 1. The molecule has 1 saturated carbocycles. The number of halogens is 1. The van der Waals surface area contributed by atoms with Crippen molar-refractivity contribution in [3.8, 4) is 0 Å². The quantitative estimate of drug-likeness (QED) is 0.911. The lowest BCUT2D eigenvalue weighted by Crippen LogP contribution is -2.15. The highest BCUT2D eigenvalue weighted by Gasteiger charge is 2.21. The van der Waals surface area contributed by atoms with Gasteiger partial charge in [0.2, 0.25) is 0 Å². The monoisotopic (exact) mass is 305 g/mol. The molecule has 1 N–H and O–H groups in total. The fourth-order valence-electron chi connectivity index (χ4n) is 2.68. The molecule has 3 rings (SSSR count). The standard InChI is InChI=1S/C14H16BrN3/c1-9-2-3-11(6-9)18-12-4-5-16-13-7-10(15)8-17-14(12)13/h4-5,7-9,11H,2-3,6H2,1H3,(H,16,18). The minimum atomic E-state index is 0.580. The second kappa shape index (κ2) is 4.84. The number of nitrogens with zero attached hydrogens (tertiary/aromatic N) is 2. The molecule has 2 aromatic rings. The van der Waals surface area contributed by atoms with E-state index in [1.54, 1.807) is 0 Å². The van der Waals surface area contributed by atoms with E-state index in [-0.39, 0.29) is 0 Å². The number of aromatic nitrogens is 2. The van der Waals surface area contributed by atoms with E-state index >= 15 is 0 Å². The highest BCUT2D eigenvalue weighted by atomic mass is 79.9. The maximum atomic E-state index is 4.47. The Morgan fingerprint density at radius 3 is 3.00 bits per heavy atom. The van der Waals surface area contributed by atoms with Gasteiger partial charge in [0.15, 0.2) is 0 Å². The van der Waals surface area contributed by atoms with Crippen molar-refractivity contribution in [2.24, 2.45) is 5.92 Å². The molecule has 0 bridgehead atoms. The van der Waals surface area contributed by atoms with Gasteiger partial charge in [-0.15, -0.1) is 0 Å². The van der Waals surface area contributed by atoms with E-state index < -0.39 is 0 Å². The van der Waals surface area contributed by atoms with Gasteiger partial charge in [0.25, 0.3) is 0 Å². The van der Waals surface area contributed by atoms with Crippen molar-refractivity contribution >= 4 is 32.7 Å². The molecule has 0 amide bonds. The normalized spacial score (nSPS) is 23.4. The first-order valence-corrected chi connectivity index (χ1v) is 7.18.